The molecule has 1 saturated heterocycles. The van der Waals surface area contributed by atoms with Crippen molar-refractivity contribution in [2.45, 2.75) is 32.7 Å². The van der Waals surface area contributed by atoms with Gasteiger partial charge in [-0.25, -0.2) is 0 Å². The topological polar surface area (TPSA) is 63.5 Å². The van der Waals surface area contributed by atoms with Gasteiger partial charge in [-0.15, -0.1) is 0 Å². The van der Waals surface area contributed by atoms with Crippen LogP contribution in [0.15, 0.2) is 18.2 Å². The molecule has 0 aliphatic carbocycles. The third kappa shape index (κ3) is 2.77. The predicted molar refractivity (Wildman–Crippen MR) is 77.0 cm³/mol. The van der Waals surface area contributed by atoms with E-state index in [0.717, 1.165) is 19.4 Å². The van der Waals surface area contributed by atoms with Crippen molar-refractivity contribution in [2.24, 2.45) is 5.92 Å². The van der Waals surface area contributed by atoms with Crippen molar-refractivity contribution in [3.8, 4) is 0 Å². The molecule has 1 aromatic carbocycles. The van der Waals surface area contributed by atoms with Gasteiger partial charge in [0.2, 0.25) is 0 Å². The highest BCUT2D eigenvalue weighted by Crippen LogP contribution is 2.29. The van der Waals surface area contributed by atoms with E-state index in [0.29, 0.717) is 11.5 Å². The van der Waals surface area contributed by atoms with Gasteiger partial charge in [0.15, 0.2) is 0 Å². The summed E-state index contributed by atoms with van der Waals surface area (Å²) in [7, 11) is 0. The molecule has 0 aromatic heterocycles. The molecular weight excluding hydrogens is 280 g/mol. The zero-order valence-corrected chi connectivity index (χ0v) is 12.3. The van der Waals surface area contributed by atoms with Crippen LogP contribution < -0.4 is 0 Å². The number of hydrogen-bond donors (Lipinski definition) is 0. The van der Waals surface area contributed by atoms with Gasteiger partial charge in [0.05, 0.1) is 15.5 Å². The lowest BCUT2D eigenvalue weighted by Crippen LogP contribution is -2.38. The van der Waals surface area contributed by atoms with E-state index in [-0.39, 0.29) is 22.7 Å². The lowest BCUT2D eigenvalue weighted by Gasteiger charge is -2.28. The van der Waals surface area contributed by atoms with E-state index in [1.165, 1.54) is 18.2 Å². The number of nitro groups is 1. The second kappa shape index (κ2) is 5.79. The molecule has 1 amide bonds. The maximum absolute atomic E-state index is 12.5. The zero-order valence-electron chi connectivity index (χ0n) is 11.5. The molecule has 1 heterocycles. The second-order valence-corrected chi connectivity index (χ2v) is 5.78. The Morgan fingerprint density at radius 1 is 1.50 bits per heavy atom. The molecule has 0 saturated carbocycles. The molecule has 108 valence electrons. The fourth-order valence-electron chi connectivity index (χ4n) is 2.68. The first-order chi connectivity index (χ1) is 9.41. The number of benzene rings is 1. The molecule has 1 aliphatic rings. The number of carbonyl (C=O) groups is 1. The average Bonchev–Trinajstić information content (AvgIpc) is 2.87. The van der Waals surface area contributed by atoms with Crippen molar-refractivity contribution < 1.29 is 9.72 Å². The minimum atomic E-state index is -0.521. The molecule has 1 aliphatic heterocycles. The highest BCUT2D eigenvalue weighted by molar-refractivity contribution is 6.34. The second-order valence-electron chi connectivity index (χ2n) is 5.37. The van der Waals surface area contributed by atoms with E-state index in [4.69, 9.17) is 11.6 Å². The Balaban J connectivity index is 2.27. The van der Waals surface area contributed by atoms with Gasteiger partial charge < -0.3 is 4.90 Å². The smallest absolute Gasteiger partial charge is 0.270 e. The lowest BCUT2D eigenvalue weighted by atomic mass is 10.0. The number of nitro benzene ring substituents is 1. The first kappa shape index (κ1) is 14.8. The van der Waals surface area contributed by atoms with Crippen molar-refractivity contribution in [2.75, 3.05) is 6.54 Å². The maximum Gasteiger partial charge on any atom is 0.270 e. The van der Waals surface area contributed by atoms with E-state index in [1.54, 1.807) is 0 Å². The molecule has 6 heteroatoms. The number of amides is 1. The molecule has 0 spiro atoms. The molecule has 0 bridgehead atoms. The van der Waals surface area contributed by atoms with E-state index < -0.39 is 4.92 Å². The summed E-state index contributed by atoms with van der Waals surface area (Å²) < 4.78 is 0. The third-order valence-electron chi connectivity index (χ3n) is 3.72. The van der Waals surface area contributed by atoms with Crippen molar-refractivity contribution in [1.29, 1.82) is 0 Å². The molecule has 5 nitrogen and oxygen atoms in total. The van der Waals surface area contributed by atoms with Crippen LogP contribution in [0.4, 0.5) is 5.69 Å². The van der Waals surface area contributed by atoms with E-state index in [9.17, 15) is 14.9 Å². The molecule has 1 aromatic rings. The summed E-state index contributed by atoms with van der Waals surface area (Å²) >= 11 is 6.02. The number of halogens is 1. The summed E-state index contributed by atoms with van der Waals surface area (Å²) in [5, 5.41) is 10.8. The number of rotatable bonds is 3. The maximum atomic E-state index is 12.5. The SMILES string of the molecule is CC(C)C1CCCN1C(=O)c1ccc([N+](=O)[O-])cc1Cl. The Morgan fingerprint density at radius 3 is 2.75 bits per heavy atom. The molecule has 1 atom stereocenters. The number of carbonyl (C=O) groups excluding carboxylic acids is 1. The van der Waals surface area contributed by atoms with Gasteiger partial charge in [-0.1, -0.05) is 25.4 Å². The van der Waals surface area contributed by atoms with Gasteiger partial charge in [0.1, 0.15) is 0 Å². The Kier molecular flexibility index (Phi) is 4.28. The monoisotopic (exact) mass is 296 g/mol. The number of non-ortho nitro benzene ring substituents is 1. The van der Waals surface area contributed by atoms with Gasteiger partial charge in [0.25, 0.3) is 11.6 Å². The predicted octanol–water partition coefficient (Wildman–Crippen LogP) is 3.51. The molecule has 20 heavy (non-hydrogen) atoms. The van der Waals surface area contributed by atoms with E-state index >= 15 is 0 Å². The Hall–Kier alpha value is -1.62. The van der Waals surface area contributed by atoms with Crippen LogP contribution in [0, 0.1) is 16.0 Å². The van der Waals surface area contributed by atoms with Crippen LogP contribution in [0.5, 0.6) is 0 Å². The van der Waals surface area contributed by atoms with Crippen LogP contribution in [0.2, 0.25) is 5.02 Å². The third-order valence-corrected chi connectivity index (χ3v) is 4.04. The van der Waals surface area contributed by atoms with Gasteiger partial charge in [-0.2, -0.15) is 0 Å². The van der Waals surface area contributed by atoms with Crippen molar-refractivity contribution in [3.63, 3.8) is 0 Å². The van der Waals surface area contributed by atoms with Crippen LogP contribution >= 0.6 is 11.6 Å². The normalized spacial score (nSPS) is 18.6. The number of nitrogens with zero attached hydrogens (tertiary/aromatic N) is 2. The summed E-state index contributed by atoms with van der Waals surface area (Å²) in [6.45, 7) is 4.90. The Morgan fingerprint density at radius 2 is 2.20 bits per heavy atom. The van der Waals surface area contributed by atoms with Gasteiger partial charge in [-0.3, -0.25) is 14.9 Å². The quantitative estimate of drug-likeness (QED) is 0.633. The van der Waals surface area contributed by atoms with Crippen molar-refractivity contribution >= 4 is 23.2 Å². The van der Waals surface area contributed by atoms with Crippen LogP contribution in [0.25, 0.3) is 0 Å². The molecule has 0 N–H and O–H groups in total. The first-order valence-corrected chi connectivity index (χ1v) is 7.04. The Bertz CT molecular complexity index is 545. The standard InChI is InChI=1S/C14H17ClN2O3/c1-9(2)13-4-3-7-16(13)14(18)11-6-5-10(17(19)20)8-12(11)15/h5-6,8-9,13H,3-4,7H2,1-2H3. The van der Waals surface area contributed by atoms with Crippen LogP contribution in [-0.2, 0) is 0 Å². The zero-order chi connectivity index (χ0) is 14.9. The molecule has 1 fully saturated rings. The summed E-state index contributed by atoms with van der Waals surface area (Å²) in [6.07, 6.45) is 1.98. The molecule has 1 unspecified atom stereocenters. The number of likely N-dealkylation sites (tertiary alicyclic amines) is 1. The average molecular weight is 297 g/mol. The van der Waals surface area contributed by atoms with E-state index in [1.807, 2.05) is 4.90 Å². The molecule has 2 rings (SSSR count). The number of hydrogen-bond acceptors (Lipinski definition) is 3. The fourth-order valence-corrected chi connectivity index (χ4v) is 2.94. The lowest BCUT2D eigenvalue weighted by molar-refractivity contribution is -0.384. The summed E-state index contributed by atoms with van der Waals surface area (Å²) in [5.74, 6) is 0.249. The molecular formula is C14H17ClN2O3. The Labute approximate surface area is 122 Å². The summed E-state index contributed by atoms with van der Waals surface area (Å²) in [4.78, 5) is 24.5. The van der Waals surface area contributed by atoms with Gasteiger partial charge >= 0.3 is 0 Å². The van der Waals surface area contributed by atoms with Gasteiger partial charge in [0, 0.05) is 24.7 Å². The fraction of sp³-hybridized carbons (Fsp3) is 0.500. The van der Waals surface area contributed by atoms with Gasteiger partial charge in [-0.05, 0) is 24.8 Å². The van der Waals surface area contributed by atoms with Crippen LogP contribution in [0.1, 0.15) is 37.0 Å². The van der Waals surface area contributed by atoms with Crippen molar-refractivity contribution in [3.05, 3.63) is 38.9 Å². The highest BCUT2D eigenvalue weighted by Gasteiger charge is 2.32. The van der Waals surface area contributed by atoms with E-state index in [2.05, 4.69) is 13.8 Å². The minimum Gasteiger partial charge on any atom is -0.335 e. The van der Waals surface area contributed by atoms with Crippen LogP contribution in [0.3, 0.4) is 0 Å². The van der Waals surface area contributed by atoms with Crippen molar-refractivity contribution in [1.82, 2.24) is 4.90 Å². The summed E-state index contributed by atoms with van der Waals surface area (Å²) in [6, 6.07) is 4.21. The van der Waals surface area contributed by atoms with Crippen LogP contribution in [-0.4, -0.2) is 28.3 Å². The first-order valence-electron chi connectivity index (χ1n) is 6.66. The largest absolute Gasteiger partial charge is 0.335 e. The molecule has 0 radical (unpaired) electrons. The highest BCUT2D eigenvalue weighted by atomic mass is 35.5. The summed E-state index contributed by atoms with van der Waals surface area (Å²) in [5.41, 5.74) is 0.234. The minimum absolute atomic E-state index is 0.103.